The maximum atomic E-state index is 15.0. The molecule has 0 saturated carbocycles. The minimum atomic E-state index is -1.51. The number of aryl methyl sites for hydroxylation is 1. The number of methoxy groups -OCH3 is 1. The number of H-pyrrole nitrogens is 1. The maximum absolute atomic E-state index is 15.0. The van der Waals surface area contributed by atoms with Crippen LogP contribution in [0.4, 0.5) is 14.9 Å². The number of piperazine rings is 1. The number of fused-ring (bicyclic) bond motifs is 1. The van der Waals surface area contributed by atoms with Crippen LogP contribution in [0.1, 0.15) is 37.6 Å². The maximum Gasteiger partial charge on any atom is 0.410 e. The average Bonchev–Trinajstić information content (AvgIpc) is 3.23. The van der Waals surface area contributed by atoms with Crippen LogP contribution in [0.2, 0.25) is 0 Å². The lowest BCUT2D eigenvalue weighted by Crippen LogP contribution is -2.50. The summed E-state index contributed by atoms with van der Waals surface area (Å²) in [6.07, 6.45) is 1.33. The van der Waals surface area contributed by atoms with Gasteiger partial charge in [0.2, 0.25) is 0 Å². The number of hydrogen-bond donors (Lipinski definition) is 1. The fourth-order valence-corrected chi connectivity index (χ4v) is 5.31. The zero-order chi connectivity index (χ0) is 26.2. The van der Waals surface area contributed by atoms with Crippen LogP contribution in [0.5, 0.6) is 5.75 Å². The Balaban J connectivity index is 1.49. The van der Waals surface area contributed by atoms with Crippen LogP contribution in [-0.4, -0.2) is 69.0 Å². The van der Waals surface area contributed by atoms with Crippen LogP contribution < -0.4 is 9.64 Å². The summed E-state index contributed by atoms with van der Waals surface area (Å²) in [5.41, 5.74) is 3.23. The van der Waals surface area contributed by atoms with E-state index in [1.54, 1.807) is 24.3 Å². The van der Waals surface area contributed by atoms with Gasteiger partial charge < -0.3 is 24.3 Å². The summed E-state index contributed by atoms with van der Waals surface area (Å²) in [5, 5.41) is 0.261. The Hall–Kier alpha value is -3.21. The summed E-state index contributed by atoms with van der Waals surface area (Å²) in [6.45, 7) is 11.0. The van der Waals surface area contributed by atoms with Gasteiger partial charge in [-0.1, -0.05) is 0 Å². The normalized spacial score (nSPS) is 15.3. The van der Waals surface area contributed by atoms with E-state index in [1.165, 1.54) is 6.07 Å². The fraction of sp³-hybridized carbons (Fsp3) is 0.480. The molecule has 3 heterocycles. The Morgan fingerprint density at radius 3 is 2.53 bits per heavy atom. The van der Waals surface area contributed by atoms with E-state index in [-0.39, 0.29) is 17.0 Å². The van der Waals surface area contributed by atoms with Crippen molar-refractivity contribution in [2.75, 3.05) is 38.2 Å². The molecule has 3 aromatic rings. The second-order valence-corrected chi connectivity index (χ2v) is 11.2. The molecule has 194 valence electrons. The zero-order valence-corrected chi connectivity index (χ0v) is 22.3. The number of imidazole rings is 1. The molecule has 0 aliphatic carbocycles. The lowest BCUT2D eigenvalue weighted by molar-refractivity contribution is 0.0240. The number of ether oxygens (including phenoxy) is 2. The second-order valence-electron chi connectivity index (χ2n) is 9.85. The van der Waals surface area contributed by atoms with Crippen LogP contribution in [0.3, 0.4) is 0 Å². The molecule has 0 radical (unpaired) electrons. The molecule has 2 aromatic heterocycles. The Bertz CT molecular complexity index is 1310. The minimum absolute atomic E-state index is 0.157. The van der Waals surface area contributed by atoms with Crippen LogP contribution >= 0.6 is 0 Å². The van der Waals surface area contributed by atoms with E-state index >= 15 is 4.39 Å². The summed E-state index contributed by atoms with van der Waals surface area (Å²) >= 11 is 0. The highest BCUT2D eigenvalue weighted by molar-refractivity contribution is 7.84. The number of rotatable bonds is 5. The van der Waals surface area contributed by atoms with Crippen molar-refractivity contribution < 1.29 is 22.9 Å². The van der Waals surface area contributed by atoms with Crippen molar-refractivity contribution in [2.45, 2.75) is 51.1 Å². The average molecular weight is 518 g/mol. The van der Waals surface area contributed by atoms with Crippen molar-refractivity contribution >= 4 is 33.6 Å². The number of amides is 1. The number of hydrogen-bond acceptors (Lipinski definition) is 7. The minimum Gasteiger partial charge on any atom is -0.496 e. The number of nitrogens with one attached hydrogen (secondary N) is 1. The predicted molar refractivity (Wildman–Crippen MR) is 136 cm³/mol. The van der Waals surface area contributed by atoms with E-state index in [0.717, 1.165) is 16.9 Å². The standard InChI is InChI=1S/C25H32FN5O4S/c1-15-13-27-20(16(2)22(15)34-6)14-36(33)23-28-18-11-17(26)21(12-19(18)29-23)30-7-9-31(10-8-30)24(32)35-25(3,4)5/h11-13H,7-10,14H2,1-6H3,(H,28,29). The van der Waals surface area contributed by atoms with Crippen LogP contribution in [-0.2, 0) is 21.3 Å². The molecule has 1 aromatic carbocycles. The molecule has 9 nitrogen and oxygen atoms in total. The SMILES string of the molecule is COc1c(C)cnc(CS(=O)c2nc3cc(N4CCN(C(=O)OC(C)(C)C)CC4)c(F)cc3[nH]2)c1C. The van der Waals surface area contributed by atoms with E-state index in [2.05, 4.69) is 15.0 Å². The summed E-state index contributed by atoms with van der Waals surface area (Å²) < 4.78 is 39.0. The number of anilines is 1. The largest absolute Gasteiger partial charge is 0.496 e. The van der Waals surface area contributed by atoms with E-state index in [4.69, 9.17) is 9.47 Å². The van der Waals surface area contributed by atoms with Gasteiger partial charge in [-0.05, 0) is 40.7 Å². The third-order valence-corrected chi connectivity index (χ3v) is 7.19. The first-order valence-electron chi connectivity index (χ1n) is 11.8. The smallest absolute Gasteiger partial charge is 0.410 e. The molecule has 1 atom stereocenters. The monoisotopic (exact) mass is 517 g/mol. The number of aromatic nitrogens is 3. The third-order valence-electron chi connectivity index (χ3n) is 6.03. The molecule has 1 fully saturated rings. The third kappa shape index (κ3) is 5.45. The highest BCUT2D eigenvalue weighted by Gasteiger charge is 2.27. The fourth-order valence-electron chi connectivity index (χ4n) is 4.21. The summed E-state index contributed by atoms with van der Waals surface area (Å²) in [4.78, 5) is 27.7. The summed E-state index contributed by atoms with van der Waals surface area (Å²) in [7, 11) is 0.0865. The number of halogens is 1. The van der Waals surface area contributed by atoms with Gasteiger partial charge in [-0.15, -0.1) is 0 Å². The Morgan fingerprint density at radius 1 is 1.19 bits per heavy atom. The van der Waals surface area contributed by atoms with Gasteiger partial charge in [-0.3, -0.25) is 9.19 Å². The summed E-state index contributed by atoms with van der Waals surface area (Å²) in [6, 6.07) is 3.03. The van der Waals surface area contributed by atoms with Gasteiger partial charge in [0, 0.05) is 49.6 Å². The van der Waals surface area contributed by atoms with E-state index in [0.29, 0.717) is 48.6 Å². The lowest BCUT2D eigenvalue weighted by atomic mass is 10.1. The summed E-state index contributed by atoms with van der Waals surface area (Å²) in [5.74, 6) is 0.472. The molecule has 36 heavy (non-hydrogen) atoms. The topological polar surface area (TPSA) is 101 Å². The molecule has 11 heteroatoms. The van der Waals surface area contributed by atoms with Crippen molar-refractivity contribution in [2.24, 2.45) is 0 Å². The van der Waals surface area contributed by atoms with E-state index in [9.17, 15) is 9.00 Å². The highest BCUT2D eigenvalue weighted by Crippen LogP contribution is 2.28. The van der Waals surface area contributed by atoms with Gasteiger partial charge in [0.1, 0.15) is 17.2 Å². The molecule has 1 N–H and O–H groups in total. The Kier molecular flexibility index (Phi) is 7.21. The molecule has 1 saturated heterocycles. The number of pyridine rings is 1. The highest BCUT2D eigenvalue weighted by atomic mass is 32.2. The molecule has 0 bridgehead atoms. The molecular weight excluding hydrogens is 485 g/mol. The second kappa shape index (κ2) is 10.0. The van der Waals surface area contributed by atoms with Crippen molar-refractivity contribution in [1.29, 1.82) is 0 Å². The van der Waals surface area contributed by atoms with Crippen molar-refractivity contribution in [3.8, 4) is 5.75 Å². The van der Waals surface area contributed by atoms with E-state index < -0.39 is 22.2 Å². The van der Waals surface area contributed by atoms with Gasteiger partial charge in [0.05, 0.1) is 46.1 Å². The van der Waals surface area contributed by atoms with Gasteiger partial charge in [0.25, 0.3) is 0 Å². The zero-order valence-electron chi connectivity index (χ0n) is 21.5. The predicted octanol–water partition coefficient (Wildman–Crippen LogP) is 4.09. The number of benzene rings is 1. The molecule has 0 spiro atoms. The Morgan fingerprint density at radius 2 is 1.89 bits per heavy atom. The quantitative estimate of drug-likeness (QED) is 0.544. The van der Waals surface area contributed by atoms with Gasteiger partial charge in [-0.2, -0.15) is 0 Å². The number of carbonyl (C=O) groups excluding carboxylic acids is 1. The van der Waals surface area contributed by atoms with Gasteiger partial charge in [0.15, 0.2) is 5.16 Å². The first-order chi connectivity index (χ1) is 17.0. The van der Waals surface area contributed by atoms with Crippen LogP contribution in [0.25, 0.3) is 11.0 Å². The van der Waals surface area contributed by atoms with Gasteiger partial charge >= 0.3 is 6.09 Å². The van der Waals surface area contributed by atoms with Crippen LogP contribution in [0.15, 0.2) is 23.5 Å². The van der Waals surface area contributed by atoms with Crippen molar-refractivity contribution in [3.63, 3.8) is 0 Å². The molecule has 1 aliphatic rings. The van der Waals surface area contributed by atoms with Crippen LogP contribution in [0, 0.1) is 19.7 Å². The Labute approximate surface area is 212 Å². The molecule has 1 unspecified atom stereocenters. The number of carbonyl (C=O) groups is 1. The first kappa shape index (κ1) is 25.9. The molecule has 4 rings (SSSR count). The molecule has 1 aliphatic heterocycles. The lowest BCUT2D eigenvalue weighted by Gasteiger charge is -2.36. The molecular formula is C25H32FN5O4S. The number of aromatic amines is 1. The first-order valence-corrected chi connectivity index (χ1v) is 13.1. The van der Waals surface area contributed by atoms with Gasteiger partial charge in [-0.25, -0.2) is 14.2 Å². The number of nitrogens with zero attached hydrogens (tertiary/aromatic N) is 4. The van der Waals surface area contributed by atoms with Crippen molar-refractivity contribution in [1.82, 2.24) is 19.9 Å². The molecule has 1 amide bonds. The van der Waals surface area contributed by atoms with Crippen molar-refractivity contribution in [3.05, 3.63) is 41.0 Å². The van der Waals surface area contributed by atoms with E-state index in [1.807, 2.05) is 39.5 Å².